The lowest BCUT2D eigenvalue weighted by atomic mass is 10.1. The highest BCUT2D eigenvalue weighted by Gasteiger charge is 2.37. The first kappa shape index (κ1) is 24.2. The van der Waals surface area contributed by atoms with E-state index in [4.69, 9.17) is 16.3 Å². The van der Waals surface area contributed by atoms with Crippen LogP contribution in [0.3, 0.4) is 0 Å². The smallest absolute Gasteiger partial charge is 0.410 e. The van der Waals surface area contributed by atoms with Crippen molar-refractivity contribution < 1.29 is 18.7 Å². The van der Waals surface area contributed by atoms with Crippen LogP contribution in [-0.4, -0.2) is 50.4 Å². The Bertz CT molecular complexity index is 1320. The van der Waals surface area contributed by atoms with Crippen molar-refractivity contribution in [2.45, 2.75) is 32.4 Å². The molecule has 0 atom stereocenters. The van der Waals surface area contributed by atoms with Gasteiger partial charge < -0.3 is 15.0 Å². The molecule has 0 unspecified atom stereocenters. The van der Waals surface area contributed by atoms with Gasteiger partial charge in [0.1, 0.15) is 11.3 Å². The minimum Gasteiger partial charge on any atom is -0.444 e. The van der Waals surface area contributed by atoms with E-state index in [0.29, 0.717) is 18.7 Å². The third-order valence-electron chi connectivity index (χ3n) is 5.02. The number of likely N-dealkylation sites (tertiary alicyclic amines) is 1. The van der Waals surface area contributed by atoms with Crippen LogP contribution in [-0.2, 0) is 4.74 Å². The molecule has 0 bridgehead atoms. The zero-order valence-corrected chi connectivity index (χ0v) is 20.1. The largest absolute Gasteiger partial charge is 0.444 e. The summed E-state index contributed by atoms with van der Waals surface area (Å²) in [6.07, 6.45) is 2.26. The SMILES string of the molecule is CC(C)(C)OC(=O)N1CC(n2ncc(Cl)c2C(=O)Nc2ncc(C#Cc3ccccc3)cc2F)C1. The van der Waals surface area contributed by atoms with E-state index in [9.17, 15) is 14.0 Å². The molecule has 180 valence electrons. The van der Waals surface area contributed by atoms with Gasteiger partial charge in [0, 0.05) is 30.4 Å². The molecule has 0 radical (unpaired) electrons. The molecule has 4 rings (SSSR count). The fourth-order valence-electron chi connectivity index (χ4n) is 3.35. The molecule has 8 nitrogen and oxygen atoms in total. The Balaban J connectivity index is 1.44. The third kappa shape index (κ3) is 5.78. The van der Waals surface area contributed by atoms with Crippen LogP contribution in [0.2, 0.25) is 5.02 Å². The van der Waals surface area contributed by atoms with E-state index < -0.39 is 23.4 Å². The number of carbonyl (C=O) groups is 2. The molecule has 0 spiro atoms. The summed E-state index contributed by atoms with van der Waals surface area (Å²) in [5.74, 6) is 4.11. The average molecular weight is 496 g/mol. The fraction of sp³-hybridized carbons (Fsp3) is 0.280. The Morgan fingerprint density at radius 2 is 1.83 bits per heavy atom. The van der Waals surface area contributed by atoms with E-state index in [2.05, 4.69) is 27.2 Å². The number of anilines is 1. The van der Waals surface area contributed by atoms with E-state index in [-0.39, 0.29) is 22.6 Å². The Morgan fingerprint density at radius 1 is 1.14 bits per heavy atom. The van der Waals surface area contributed by atoms with E-state index in [0.717, 1.165) is 5.56 Å². The van der Waals surface area contributed by atoms with Gasteiger partial charge in [0.2, 0.25) is 0 Å². The van der Waals surface area contributed by atoms with Crippen molar-refractivity contribution in [3.8, 4) is 11.8 Å². The summed E-state index contributed by atoms with van der Waals surface area (Å²) in [5, 5.41) is 6.71. The topological polar surface area (TPSA) is 89.4 Å². The van der Waals surface area contributed by atoms with Crippen LogP contribution in [0.1, 0.15) is 48.4 Å². The van der Waals surface area contributed by atoms with Gasteiger partial charge in [0.05, 0.1) is 17.3 Å². The van der Waals surface area contributed by atoms with Crippen LogP contribution >= 0.6 is 11.6 Å². The molecule has 3 heterocycles. The number of benzene rings is 1. The molecule has 2 amide bonds. The summed E-state index contributed by atoms with van der Waals surface area (Å²) in [5.41, 5.74) is 0.593. The number of hydrogen-bond acceptors (Lipinski definition) is 5. The molecule has 3 aromatic rings. The second-order valence-electron chi connectivity index (χ2n) is 8.95. The van der Waals surface area contributed by atoms with Crippen molar-refractivity contribution in [3.63, 3.8) is 0 Å². The Labute approximate surface area is 207 Å². The van der Waals surface area contributed by atoms with Gasteiger partial charge in [-0.05, 0) is 39.0 Å². The Morgan fingerprint density at radius 3 is 2.49 bits per heavy atom. The van der Waals surface area contributed by atoms with E-state index in [1.807, 2.05) is 30.3 Å². The molecule has 10 heteroatoms. The first-order valence-electron chi connectivity index (χ1n) is 10.9. The Kier molecular flexibility index (Phi) is 6.76. The number of rotatable bonds is 3. The monoisotopic (exact) mass is 495 g/mol. The lowest BCUT2D eigenvalue weighted by Crippen LogP contribution is -2.53. The number of nitrogens with one attached hydrogen (secondary N) is 1. The minimum absolute atomic E-state index is 0.0506. The maximum atomic E-state index is 14.6. The van der Waals surface area contributed by atoms with Crippen molar-refractivity contribution >= 4 is 29.4 Å². The molecule has 35 heavy (non-hydrogen) atoms. The molecule has 1 fully saturated rings. The summed E-state index contributed by atoms with van der Waals surface area (Å²) >= 11 is 6.20. The van der Waals surface area contributed by atoms with E-state index in [1.165, 1.54) is 28.0 Å². The van der Waals surface area contributed by atoms with Crippen molar-refractivity contribution in [2.75, 3.05) is 18.4 Å². The van der Waals surface area contributed by atoms with Gasteiger partial charge >= 0.3 is 6.09 Å². The van der Waals surface area contributed by atoms with Crippen LogP contribution in [0.5, 0.6) is 0 Å². The van der Waals surface area contributed by atoms with Crippen molar-refractivity contribution in [3.05, 3.63) is 76.5 Å². The summed E-state index contributed by atoms with van der Waals surface area (Å²) in [4.78, 5) is 30.6. The van der Waals surface area contributed by atoms with E-state index >= 15 is 0 Å². The molecule has 0 saturated carbocycles. The zero-order valence-electron chi connectivity index (χ0n) is 19.4. The predicted octanol–water partition coefficient (Wildman–Crippen LogP) is 4.51. The van der Waals surface area contributed by atoms with Gasteiger partial charge in [0.25, 0.3) is 5.91 Å². The van der Waals surface area contributed by atoms with Crippen molar-refractivity contribution in [2.24, 2.45) is 0 Å². The third-order valence-corrected chi connectivity index (χ3v) is 5.30. The highest BCUT2D eigenvalue weighted by molar-refractivity contribution is 6.34. The molecule has 1 aliphatic rings. The summed E-state index contributed by atoms with van der Waals surface area (Å²) < 4.78 is 21.4. The van der Waals surface area contributed by atoms with Crippen LogP contribution in [0, 0.1) is 17.7 Å². The van der Waals surface area contributed by atoms with Crippen LogP contribution < -0.4 is 5.32 Å². The maximum absolute atomic E-state index is 14.6. The van der Waals surface area contributed by atoms with E-state index in [1.54, 1.807) is 20.8 Å². The summed E-state index contributed by atoms with van der Waals surface area (Å²) in [6.45, 7) is 5.96. The number of ether oxygens (including phenoxy) is 1. The van der Waals surface area contributed by atoms with Gasteiger partial charge in [-0.15, -0.1) is 0 Å². The zero-order chi connectivity index (χ0) is 25.2. The van der Waals surface area contributed by atoms with Gasteiger partial charge in [0.15, 0.2) is 11.6 Å². The van der Waals surface area contributed by atoms with Crippen LogP contribution in [0.25, 0.3) is 0 Å². The predicted molar refractivity (Wildman–Crippen MR) is 129 cm³/mol. The first-order valence-corrected chi connectivity index (χ1v) is 11.2. The molecule has 1 aromatic carbocycles. The second kappa shape index (κ2) is 9.76. The first-order chi connectivity index (χ1) is 16.6. The number of amides is 2. The number of hydrogen-bond donors (Lipinski definition) is 1. The highest BCUT2D eigenvalue weighted by atomic mass is 35.5. The standard InChI is InChI=1S/C25H23ClFN5O3/c1-25(2,3)35-24(34)31-14-18(15-31)32-21(19(26)13-29-32)23(33)30-22-20(27)11-17(12-28-22)10-9-16-7-5-4-6-8-16/h4-8,11-13,18H,14-15H2,1-3H3,(H,28,30,33). The van der Waals surface area contributed by atoms with Gasteiger partial charge in [-0.2, -0.15) is 5.10 Å². The normalized spacial score (nSPS) is 13.5. The fourth-order valence-corrected chi connectivity index (χ4v) is 3.56. The van der Waals surface area contributed by atoms with Crippen molar-refractivity contribution in [1.82, 2.24) is 19.7 Å². The lowest BCUT2D eigenvalue weighted by Gasteiger charge is -2.40. The Hall–Kier alpha value is -3.90. The lowest BCUT2D eigenvalue weighted by molar-refractivity contribution is -0.000591. The summed E-state index contributed by atoms with van der Waals surface area (Å²) in [7, 11) is 0. The minimum atomic E-state index is -0.736. The number of pyridine rings is 1. The van der Waals surface area contributed by atoms with Gasteiger partial charge in [-0.1, -0.05) is 41.6 Å². The number of carbonyl (C=O) groups excluding carboxylic acids is 2. The van der Waals surface area contributed by atoms with Crippen LogP contribution in [0.15, 0.2) is 48.8 Å². The van der Waals surface area contributed by atoms with Gasteiger partial charge in [-0.25, -0.2) is 14.2 Å². The quantitative estimate of drug-likeness (QED) is 0.540. The van der Waals surface area contributed by atoms with Crippen LogP contribution in [0.4, 0.5) is 15.0 Å². The molecular formula is C25H23ClFN5O3. The number of nitrogens with zero attached hydrogens (tertiary/aromatic N) is 4. The highest BCUT2D eigenvalue weighted by Crippen LogP contribution is 2.28. The number of halogens is 2. The second-order valence-corrected chi connectivity index (χ2v) is 9.36. The summed E-state index contributed by atoms with van der Waals surface area (Å²) in [6, 6.07) is 10.2. The molecule has 2 aromatic heterocycles. The van der Waals surface area contributed by atoms with Crippen molar-refractivity contribution in [1.29, 1.82) is 0 Å². The van der Waals surface area contributed by atoms with Gasteiger partial charge in [-0.3, -0.25) is 9.48 Å². The molecule has 0 aliphatic carbocycles. The number of aromatic nitrogens is 3. The molecule has 1 saturated heterocycles. The molecule has 1 aliphatic heterocycles. The average Bonchev–Trinajstić information content (AvgIpc) is 3.13. The maximum Gasteiger partial charge on any atom is 0.410 e. The molecular weight excluding hydrogens is 473 g/mol. The molecule has 1 N–H and O–H groups in total.